The highest BCUT2D eigenvalue weighted by Crippen LogP contribution is 2.20. The van der Waals surface area contributed by atoms with E-state index in [9.17, 15) is 9.59 Å². The van der Waals surface area contributed by atoms with E-state index in [0.717, 1.165) is 31.5 Å². The van der Waals surface area contributed by atoms with Gasteiger partial charge in [0.1, 0.15) is 5.76 Å². The van der Waals surface area contributed by atoms with Gasteiger partial charge in [0.15, 0.2) is 5.69 Å². The average molecular weight is 361 g/mol. The molecule has 3 rings (SSSR count). The van der Waals surface area contributed by atoms with Crippen LogP contribution in [0.3, 0.4) is 0 Å². The predicted octanol–water partition coefficient (Wildman–Crippen LogP) is 3.16. The predicted molar refractivity (Wildman–Crippen MR) is 95.8 cm³/mol. The minimum atomic E-state index is -0.152. The third-order valence-electron chi connectivity index (χ3n) is 4.58. The molecule has 6 nitrogen and oxygen atoms in total. The molecule has 7 heteroatoms. The number of hydrogen-bond donors (Lipinski definition) is 1. The number of carbonyl (C=O) groups is 2. The summed E-state index contributed by atoms with van der Waals surface area (Å²) in [5.41, 5.74) is 1.30. The van der Waals surface area contributed by atoms with Gasteiger partial charge in [0.25, 0.3) is 11.8 Å². The molecule has 0 aromatic carbocycles. The molecule has 2 aromatic rings. The standard InChI is InChI=1S/C18H23N3O3S/c1-11-4-7-21(8-5-11)18(23)15-13(3)24-14(20-15)10-19-17(22)16-12(2)6-9-25-16/h6,9,11H,4-5,7-8,10H2,1-3H3,(H,19,22). The SMILES string of the molecule is Cc1ccsc1C(=O)NCc1nc(C(=O)N2CCC(C)CC2)c(C)o1. The number of rotatable bonds is 4. The lowest BCUT2D eigenvalue weighted by Gasteiger charge is -2.29. The molecule has 0 aliphatic carbocycles. The van der Waals surface area contributed by atoms with E-state index in [-0.39, 0.29) is 18.4 Å². The van der Waals surface area contributed by atoms with E-state index >= 15 is 0 Å². The normalized spacial score (nSPS) is 15.4. The molecule has 1 aliphatic rings. The fourth-order valence-corrected chi connectivity index (χ4v) is 3.77. The Morgan fingerprint density at radius 1 is 1.36 bits per heavy atom. The topological polar surface area (TPSA) is 75.4 Å². The number of thiophene rings is 1. The van der Waals surface area contributed by atoms with Crippen LogP contribution in [-0.4, -0.2) is 34.8 Å². The molecule has 1 N–H and O–H groups in total. The first-order valence-electron chi connectivity index (χ1n) is 8.53. The minimum Gasteiger partial charge on any atom is -0.443 e. The molecule has 3 heterocycles. The third-order valence-corrected chi connectivity index (χ3v) is 5.60. The monoisotopic (exact) mass is 361 g/mol. The number of nitrogens with zero attached hydrogens (tertiary/aromatic N) is 2. The molecule has 0 saturated carbocycles. The average Bonchev–Trinajstić information content (AvgIpc) is 3.18. The largest absolute Gasteiger partial charge is 0.443 e. The lowest BCUT2D eigenvalue weighted by molar-refractivity contribution is 0.0690. The Morgan fingerprint density at radius 3 is 2.72 bits per heavy atom. The van der Waals surface area contributed by atoms with Crippen LogP contribution in [0.2, 0.25) is 0 Å². The highest BCUT2D eigenvalue weighted by molar-refractivity contribution is 7.12. The van der Waals surface area contributed by atoms with E-state index in [2.05, 4.69) is 17.2 Å². The summed E-state index contributed by atoms with van der Waals surface area (Å²) in [7, 11) is 0. The molecule has 134 valence electrons. The lowest BCUT2D eigenvalue weighted by atomic mass is 9.99. The zero-order valence-corrected chi connectivity index (χ0v) is 15.6. The maximum absolute atomic E-state index is 12.6. The van der Waals surface area contributed by atoms with E-state index in [1.807, 2.05) is 23.3 Å². The number of aryl methyl sites for hydroxylation is 2. The number of likely N-dealkylation sites (tertiary alicyclic amines) is 1. The number of nitrogens with one attached hydrogen (secondary N) is 1. The van der Waals surface area contributed by atoms with Gasteiger partial charge in [-0.1, -0.05) is 6.92 Å². The zero-order chi connectivity index (χ0) is 18.0. The number of oxazole rings is 1. The fourth-order valence-electron chi connectivity index (χ4n) is 2.93. The minimum absolute atomic E-state index is 0.0835. The molecule has 0 bridgehead atoms. The van der Waals surface area contributed by atoms with Crippen LogP contribution in [0.1, 0.15) is 57.1 Å². The number of hydrogen-bond acceptors (Lipinski definition) is 5. The number of piperidine rings is 1. The van der Waals surface area contributed by atoms with Crippen molar-refractivity contribution in [2.75, 3.05) is 13.1 Å². The van der Waals surface area contributed by atoms with Gasteiger partial charge in [-0.15, -0.1) is 11.3 Å². The number of carbonyl (C=O) groups excluding carboxylic acids is 2. The summed E-state index contributed by atoms with van der Waals surface area (Å²) in [6.45, 7) is 7.53. The van der Waals surface area contributed by atoms with Crippen molar-refractivity contribution in [1.82, 2.24) is 15.2 Å². The molecule has 2 amide bonds. The van der Waals surface area contributed by atoms with Crippen LogP contribution in [0.5, 0.6) is 0 Å². The van der Waals surface area contributed by atoms with Gasteiger partial charge in [-0.3, -0.25) is 9.59 Å². The molecule has 0 unspecified atom stereocenters. The molecule has 1 fully saturated rings. The first-order valence-corrected chi connectivity index (χ1v) is 9.41. The quantitative estimate of drug-likeness (QED) is 0.908. The van der Waals surface area contributed by atoms with Crippen molar-refractivity contribution < 1.29 is 14.0 Å². The highest BCUT2D eigenvalue weighted by Gasteiger charge is 2.26. The molecular formula is C18H23N3O3S. The van der Waals surface area contributed by atoms with Crippen LogP contribution in [0, 0.1) is 19.8 Å². The van der Waals surface area contributed by atoms with Crippen LogP contribution in [0.15, 0.2) is 15.9 Å². The highest BCUT2D eigenvalue weighted by atomic mass is 32.1. The van der Waals surface area contributed by atoms with Gasteiger partial charge >= 0.3 is 0 Å². The van der Waals surface area contributed by atoms with Crippen molar-refractivity contribution >= 4 is 23.2 Å². The Bertz CT molecular complexity index is 772. The van der Waals surface area contributed by atoms with E-state index in [1.54, 1.807) is 6.92 Å². The summed E-state index contributed by atoms with van der Waals surface area (Å²) in [6, 6.07) is 1.91. The van der Waals surface area contributed by atoms with Crippen molar-refractivity contribution in [3.8, 4) is 0 Å². The molecule has 1 saturated heterocycles. The van der Waals surface area contributed by atoms with Gasteiger partial charge in [-0.2, -0.15) is 0 Å². The number of amides is 2. The van der Waals surface area contributed by atoms with E-state index in [0.29, 0.717) is 28.1 Å². The van der Waals surface area contributed by atoms with Crippen LogP contribution in [-0.2, 0) is 6.54 Å². The van der Waals surface area contributed by atoms with Gasteiger partial charge in [0, 0.05) is 13.1 Å². The van der Waals surface area contributed by atoms with Gasteiger partial charge < -0.3 is 14.6 Å². The third kappa shape index (κ3) is 3.92. The Labute approximate surface area is 151 Å². The Hall–Kier alpha value is -2.15. The lowest BCUT2D eigenvalue weighted by Crippen LogP contribution is -2.38. The van der Waals surface area contributed by atoms with Crippen LogP contribution >= 0.6 is 11.3 Å². The molecule has 0 atom stereocenters. The molecule has 1 aliphatic heterocycles. The van der Waals surface area contributed by atoms with Crippen LogP contribution in [0.4, 0.5) is 0 Å². The smallest absolute Gasteiger partial charge is 0.276 e. The molecule has 2 aromatic heterocycles. The first kappa shape index (κ1) is 17.7. The number of aromatic nitrogens is 1. The van der Waals surface area contributed by atoms with Gasteiger partial charge in [-0.05, 0) is 49.6 Å². The van der Waals surface area contributed by atoms with E-state index in [4.69, 9.17) is 4.42 Å². The van der Waals surface area contributed by atoms with Gasteiger partial charge in [0.05, 0.1) is 11.4 Å². The van der Waals surface area contributed by atoms with Crippen molar-refractivity contribution in [3.05, 3.63) is 39.2 Å². The molecule has 0 spiro atoms. The Morgan fingerprint density at radius 2 is 2.08 bits per heavy atom. The summed E-state index contributed by atoms with van der Waals surface area (Å²) in [4.78, 5) is 31.6. The summed E-state index contributed by atoms with van der Waals surface area (Å²) >= 11 is 1.40. The second-order valence-corrected chi connectivity index (χ2v) is 7.52. The molecule has 0 radical (unpaired) electrons. The van der Waals surface area contributed by atoms with E-state index in [1.165, 1.54) is 11.3 Å². The molecular weight excluding hydrogens is 338 g/mol. The molecule has 25 heavy (non-hydrogen) atoms. The van der Waals surface area contributed by atoms with Crippen molar-refractivity contribution in [3.63, 3.8) is 0 Å². The van der Waals surface area contributed by atoms with Crippen LogP contribution < -0.4 is 5.32 Å². The Kier molecular flexibility index (Phi) is 5.22. The van der Waals surface area contributed by atoms with Crippen molar-refractivity contribution in [2.45, 2.75) is 40.2 Å². The van der Waals surface area contributed by atoms with E-state index < -0.39 is 0 Å². The summed E-state index contributed by atoms with van der Waals surface area (Å²) in [6.07, 6.45) is 2.04. The van der Waals surface area contributed by atoms with Gasteiger partial charge in [-0.25, -0.2) is 4.98 Å². The summed E-state index contributed by atoms with van der Waals surface area (Å²) in [5.74, 6) is 1.28. The maximum Gasteiger partial charge on any atom is 0.276 e. The summed E-state index contributed by atoms with van der Waals surface area (Å²) < 4.78 is 5.58. The second kappa shape index (κ2) is 7.39. The van der Waals surface area contributed by atoms with Gasteiger partial charge in [0.2, 0.25) is 5.89 Å². The maximum atomic E-state index is 12.6. The summed E-state index contributed by atoms with van der Waals surface area (Å²) in [5, 5.41) is 4.68. The Balaban J connectivity index is 1.63. The fraction of sp³-hybridized carbons (Fsp3) is 0.500. The zero-order valence-electron chi connectivity index (χ0n) is 14.8. The van der Waals surface area contributed by atoms with Crippen LogP contribution in [0.25, 0.3) is 0 Å². The first-order chi connectivity index (χ1) is 12.0. The van der Waals surface area contributed by atoms with Crippen molar-refractivity contribution in [1.29, 1.82) is 0 Å². The second-order valence-electron chi connectivity index (χ2n) is 6.60. The van der Waals surface area contributed by atoms with Crippen molar-refractivity contribution in [2.24, 2.45) is 5.92 Å².